The van der Waals surface area contributed by atoms with Crippen molar-refractivity contribution < 1.29 is 4.74 Å². The van der Waals surface area contributed by atoms with Crippen LogP contribution >= 0.6 is 23.2 Å². The van der Waals surface area contributed by atoms with Crippen molar-refractivity contribution in [1.29, 1.82) is 0 Å². The lowest BCUT2D eigenvalue weighted by molar-refractivity contribution is -0.0227. The lowest BCUT2D eigenvalue weighted by Crippen LogP contribution is -2.34. The van der Waals surface area contributed by atoms with Gasteiger partial charge in [0, 0.05) is 12.2 Å². The number of hydrogen-bond donors (Lipinski definition) is 1. The Balaban J connectivity index is 1.87. The van der Waals surface area contributed by atoms with Crippen LogP contribution in [-0.4, -0.2) is 32.9 Å². The molecule has 1 aromatic carbocycles. The topological polar surface area (TPSA) is 78.8 Å². The summed E-state index contributed by atoms with van der Waals surface area (Å²) in [5.74, 6) is 0.639. The summed E-state index contributed by atoms with van der Waals surface area (Å²) in [6.45, 7) is 2.72. The molecule has 1 heterocycles. The number of tetrazole rings is 1. The molecule has 1 aliphatic carbocycles. The minimum atomic E-state index is 0.238. The Bertz CT molecular complexity index is 631. The SMILES string of the molecule is CCOC1CC(n2nnnc2-c2cc(N)c(Cl)c(Cl)c2)C1. The van der Waals surface area contributed by atoms with Gasteiger partial charge in [-0.15, -0.1) is 5.10 Å². The van der Waals surface area contributed by atoms with Crippen molar-refractivity contribution in [3.8, 4) is 11.4 Å². The molecular weight excluding hydrogens is 313 g/mol. The Morgan fingerprint density at radius 1 is 1.38 bits per heavy atom. The van der Waals surface area contributed by atoms with E-state index in [1.54, 1.807) is 16.8 Å². The van der Waals surface area contributed by atoms with Crippen LogP contribution in [-0.2, 0) is 4.74 Å². The second-order valence-corrected chi connectivity index (χ2v) is 5.80. The number of nitrogens with zero attached hydrogens (tertiary/aromatic N) is 4. The number of benzene rings is 1. The number of anilines is 1. The van der Waals surface area contributed by atoms with Crippen molar-refractivity contribution in [3.63, 3.8) is 0 Å². The van der Waals surface area contributed by atoms with E-state index in [9.17, 15) is 0 Å². The molecular formula is C13H15Cl2N5O. The fourth-order valence-corrected chi connectivity index (χ4v) is 2.81. The van der Waals surface area contributed by atoms with Crippen LogP contribution in [0.2, 0.25) is 10.0 Å². The van der Waals surface area contributed by atoms with Gasteiger partial charge in [0.2, 0.25) is 0 Å². The standard InChI is InChI=1S/C13H15Cl2N5O/c1-2-21-9-5-8(6-9)20-13(17-18-19-20)7-3-10(14)12(15)11(16)4-7/h3-4,8-9H,2,5-6,16H2,1H3. The average Bonchev–Trinajstić information content (AvgIpc) is 2.88. The highest BCUT2D eigenvalue weighted by atomic mass is 35.5. The summed E-state index contributed by atoms with van der Waals surface area (Å²) in [5, 5.41) is 12.6. The highest BCUT2D eigenvalue weighted by molar-refractivity contribution is 6.43. The predicted molar refractivity (Wildman–Crippen MR) is 81.4 cm³/mol. The van der Waals surface area contributed by atoms with Crippen molar-refractivity contribution in [2.45, 2.75) is 31.9 Å². The minimum absolute atomic E-state index is 0.238. The number of rotatable bonds is 4. The van der Waals surface area contributed by atoms with Crippen LogP contribution in [0.5, 0.6) is 0 Å². The lowest BCUT2D eigenvalue weighted by atomic mass is 9.89. The quantitative estimate of drug-likeness (QED) is 0.873. The zero-order chi connectivity index (χ0) is 15.0. The van der Waals surface area contributed by atoms with Gasteiger partial charge in [0.05, 0.1) is 27.9 Å². The normalized spacial score (nSPS) is 21.3. The highest BCUT2D eigenvalue weighted by Gasteiger charge is 2.33. The Hall–Kier alpha value is -1.37. The van der Waals surface area contributed by atoms with Crippen LogP contribution in [0, 0.1) is 0 Å². The van der Waals surface area contributed by atoms with Crippen molar-refractivity contribution in [3.05, 3.63) is 22.2 Å². The molecule has 0 saturated heterocycles. The van der Waals surface area contributed by atoms with E-state index in [-0.39, 0.29) is 12.1 Å². The van der Waals surface area contributed by atoms with Gasteiger partial charge in [0.25, 0.3) is 0 Å². The number of aromatic nitrogens is 4. The monoisotopic (exact) mass is 327 g/mol. The largest absolute Gasteiger partial charge is 0.397 e. The molecule has 0 amide bonds. The van der Waals surface area contributed by atoms with Crippen LogP contribution in [0.25, 0.3) is 11.4 Å². The van der Waals surface area contributed by atoms with Crippen molar-refractivity contribution >= 4 is 28.9 Å². The molecule has 0 atom stereocenters. The summed E-state index contributed by atoms with van der Waals surface area (Å²) < 4.78 is 7.37. The summed E-state index contributed by atoms with van der Waals surface area (Å²) >= 11 is 12.0. The third kappa shape index (κ3) is 2.71. The van der Waals surface area contributed by atoms with Gasteiger partial charge < -0.3 is 10.5 Å². The maximum absolute atomic E-state index is 6.07. The van der Waals surface area contributed by atoms with Crippen LogP contribution in [0.1, 0.15) is 25.8 Å². The second-order valence-electron chi connectivity index (χ2n) is 5.01. The zero-order valence-electron chi connectivity index (χ0n) is 11.5. The molecule has 1 fully saturated rings. The molecule has 1 aromatic heterocycles. The summed E-state index contributed by atoms with van der Waals surface area (Å²) in [6, 6.07) is 3.69. The van der Waals surface area contributed by atoms with Gasteiger partial charge in [-0.1, -0.05) is 23.2 Å². The first-order chi connectivity index (χ1) is 10.1. The van der Waals surface area contributed by atoms with E-state index in [2.05, 4.69) is 15.5 Å². The van der Waals surface area contributed by atoms with Crippen LogP contribution in [0.4, 0.5) is 5.69 Å². The molecule has 0 spiro atoms. The molecule has 21 heavy (non-hydrogen) atoms. The fraction of sp³-hybridized carbons (Fsp3) is 0.462. The van der Waals surface area contributed by atoms with Gasteiger partial charge in [-0.25, -0.2) is 4.68 Å². The molecule has 2 aromatic rings. The van der Waals surface area contributed by atoms with Crippen LogP contribution < -0.4 is 5.73 Å². The number of nitrogen functional groups attached to an aromatic ring is 1. The van der Waals surface area contributed by atoms with Crippen LogP contribution in [0.15, 0.2) is 12.1 Å². The molecule has 0 aliphatic heterocycles. The van der Waals surface area contributed by atoms with E-state index in [0.717, 1.165) is 25.0 Å². The first-order valence-electron chi connectivity index (χ1n) is 6.74. The molecule has 2 N–H and O–H groups in total. The smallest absolute Gasteiger partial charge is 0.182 e. The van der Waals surface area contributed by atoms with Crippen molar-refractivity contribution in [1.82, 2.24) is 20.2 Å². The van der Waals surface area contributed by atoms with Gasteiger partial charge in [0.1, 0.15) is 0 Å². The molecule has 1 saturated carbocycles. The minimum Gasteiger partial charge on any atom is -0.397 e. The molecule has 0 unspecified atom stereocenters. The Morgan fingerprint density at radius 3 is 2.81 bits per heavy atom. The summed E-state index contributed by atoms with van der Waals surface area (Å²) in [4.78, 5) is 0. The molecule has 6 nitrogen and oxygen atoms in total. The Labute approximate surface area is 132 Å². The summed E-state index contributed by atoms with van der Waals surface area (Å²) in [5.41, 5.74) is 7.02. The maximum atomic E-state index is 6.07. The van der Waals surface area contributed by atoms with E-state index < -0.39 is 0 Å². The number of nitrogens with two attached hydrogens (primary N) is 1. The van der Waals surface area contributed by atoms with E-state index in [4.69, 9.17) is 33.7 Å². The Kier molecular flexibility index (Phi) is 4.01. The number of ether oxygens (including phenoxy) is 1. The van der Waals surface area contributed by atoms with Crippen molar-refractivity contribution in [2.24, 2.45) is 0 Å². The van der Waals surface area contributed by atoms with Crippen molar-refractivity contribution in [2.75, 3.05) is 12.3 Å². The maximum Gasteiger partial charge on any atom is 0.182 e. The molecule has 3 rings (SSSR count). The van der Waals surface area contributed by atoms with Gasteiger partial charge in [0.15, 0.2) is 5.82 Å². The van der Waals surface area contributed by atoms with Gasteiger partial charge in [-0.3, -0.25) is 0 Å². The zero-order valence-corrected chi connectivity index (χ0v) is 13.0. The van der Waals surface area contributed by atoms with E-state index in [1.807, 2.05) is 6.92 Å². The number of halogens is 2. The first kappa shape index (κ1) is 14.6. The first-order valence-corrected chi connectivity index (χ1v) is 7.50. The highest BCUT2D eigenvalue weighted by Crippen LogP contribution is 2.38. The molecule has 1 aliphatic rings. The molecule has 112 valence electrons. The number of hydrogen-bond acceptors (Lipinski definition) is 5. The van der Waals surface area contributed by atoms with E-state index >= 15 is 0 Å². The molecule has 8 heteroatoms. The third-order valence-corrected chi connectivity index (χ3v) is 4.44. The Morgan fingerprint density at radius 2 is 2.14 bits per heavy atom. The molecule has 0 bridgehead atoms. The van der Waals surface area contributed by atoms with E-state index in [1.165, 1.54) is 0 Å². The average molecular weight is 328 g/mol. The fourth-order valence-electron chi connectivity index (χ4n) is 2.48. The van der Waals surface area contributed by atoms with Gasteiger partial charge in [-0.2, -0.15) is 0 Å². The predicted octanol–water partition coefficient (Wildman–Crippen LogP) is 2.97. The summed E-state index contributed by atoms with van der Waals surface area (Å²) in [6.07, 6.45) is 2.10. The second kappa shape index (κ2) is 5.79. The molecule has 0 radical (unpaired) electrons. The van der Waals surface area contributed by atoms with Gasteiger partial charge in [-0.05, 0) is 42.3 Å². The summed E-state index contributed by atoms with van der Waals surface area (Å²) in [7, 11) is 0. The third-order valence-electron chi connectivity index (χ3n) is 3.63. The van der Waals surface area contributed by atoms with Gasteiger partial charge >= 0.3 is 0 Å². The van der Waals surface area contributed by atoms with Crippen LogP contribution in [0.3, 0.4) is 0 Å². The van der Waals surface area contributed by atoms with E-state index in [0.29, 0.717) is 21.6 Å². The lowest BCUT2D eigenvalue weighted by Gasteiger charge is -2.34.